The zero-order valence-corrected chi connectivity index (χ0v) is 16.8. The highest BCUT2D eigenvalue weighted by molar-refractivity contribution is 5.83. The highest BCUT2D eigenvalue weighted by atomic mass is 16.5. The maximum atomic E-state index is 5.89. The number of methoxy groups -OCH3 is 1. The third-order valence-corrected chi connectivity index (χ3v) is 4.48. The molecule has 0 amide bonds. The van der Waals surface area contributed by atoms with Crippen LogP contribution in [-0.4, -0.2) is 30.3 Å². The summed E-state index contributed by atoms with van der Waals surface area (Å²) in [5.41, 5.74) is 6.19. The molecule has 0 saturated heterocycles. The van der Waals surface area contributed by atoms with Gasteiger partial charge in [-0.1, -0.05) is 25.6 Å². The number of aryl methyl sites for hydroxylation is 1. The van der Waals surface area contributed by atoms with E-state index in [4.69, 9.17) is 9.47 Å². The molecule has 1 heterocycles. The molecule has 5 heteroatoms. The first-order valence-electron chi connectivity index (χ1n) is 9.50. The van der Waals surface area contributed by atoms with Gasteiger partial charge in [0.2, 0.25) is 0 Å². The van der Waals surface area contributed by atoms with Crippen molar-refractivity contribution in [2.24, 2.45) is 0 Å². The Hall–Kier alpha value is -2.92. The van der Waals surface area contributed by atoms with Crippen molar-refractivity contribution in [3.63, 3.8) is 0 Å². The van der Waals surface area contributed by atoms with Crippen LogP contribution in [0.15, 0.2) is 55.0 Å². The number of nitrogens with zero attached hydrogens (tertiary/aromatic N) is 2. The minimum Gasteiger partial charge on any atom is -0.491 e. The molecule has 0 aliphatic rings. The minimum absolute atomic E-state index is 0.523. The largest absolute Gasteiger partial charge is 0.491 e. The molecular formula is C23H27N3O2. The van der Waals surface area contributed by atoms with Gasteiger partial charge in [-0.2, -0.15) is 0 Å². The molecule has 3 rings (SSSR count). The first-order valence-corrected chi connectivity index (χ1v) is 9.50. The summed E-state index contributed by atoms with van der Waals surface area (Å²) in [5, 5.41) is 4.33. The van der Waals surface area contributed by atoms with Crippen molar-refractivity contribution < 1.29 is 9.47 Å². The lowest BCUT2D eigenvalue weighted by molar-refractivity contribution is 0.146. The maximum absolute atomic E-state index is 5.89. The second kappa shape index (κ2) is 9.33. The summed E-state index contributed by atoms with van der Waals surface area (Å²) in [7, 11) is 1.67. The maximum Gasteiger partial charge on any atom is 0.124 e. The Bertz CT molecular complexity index is 969. The van der Waals surface area contributed by atoms with E-state index in [1.54, 1.807) is 13.4 Å². The lowest BCUT2D eigenvalue weighted by Gasteiger charge is -2.13. The van der Waals surface area contributed by atoms with Crippen LogP contribution in [0.1, 0.15) is 30.7 Å². The molecule has 5 nitrogen and oxygen atoms in total. The second-order valence-corrected chi connectivity index (χ2v) is 6.77. The first-order chi connectivity index (χ1) is 13.6. The van der Waals surface area contributed by atoms with Crippen LogP contribution in [-0.2, 0) is 17.6 Å². The number of allylic oxidation sites excluding steroid dienone is 1. The van der Waals surface area contributed by atoms with Gasteiger partial charge in [-0.25, -0.2) is 9.97 Å². The van der Waals surface area contributed by atoms with Crippen LogP contribution in [0.5, 0.6) is 5.75 Å². The number of ether oxygens (including phenoxy) is 2. The standard InChI is InChI=1S/C23H27N3O2/c1-5-18-13-20-21(12-17-7-6-8-19(11-17)26-16(2)3)24-15-25-22(20)14-23(18)28-10-9-27-4/h6-8,11,13-15,26H,2,5,9-10,12H2,1,3-4H3. The van der Waals surface area contributed by atoms with E-state index in [1.165, 1.54) is 5.56 Å². The van der Waals surface area contributed by atoms with E-state index in [-0.39, 0.29) is 0 Å². The van der Waals surface area contributed by atoms with Crippen LogP contribution in [0.2, 0.25) is 0 Å². The third-order valence-electron chi connectivity index (χ3n) is 4.48. The summed E-state index contributed by atoms with van der Waals surface area (Å²) in [5.74, 6) is 0.865. The van der Waals surface area contributed by atoms with Gasteiger partial charge < -0.3 is 14.8 Å². The van der Waals surface area contributed by atoms with Gasteiger partial charge in [0, 0.05) is 36.4 Å². The molecular weight excluding hydrogens is 350 g/mol. The van der Waals surface area contributed by atoms with Crippen molar-refractivity contribution in [2.45, 2.75) is 26.7 Å². The Balaban J connectivity index is 1.92. The number of aromatic nitrogens is 2. The van der Waals surface area contributed by atoms with E-state index in [0.29, 0.717) is 13.2 Å². The minimum atomic E-state index is 0.523. The molecule has 28 heavy (non-hydrogen) atoms. The number of hydrogen-bond acceptors (Lipinski definition) is 5. The van der Waals surface area contributed by atoms with Crippen molar-refractivity contribution in [1.82, 2.24) is 9.97 Å². The van der Waals surface area contributed by atoms with Crippen LogP contribution >= 0.6 is 0 Å². The number of nitrogens with one attached hydrogen (secondary N) is 1. The molecule has 0 fully saturated rings. The molecule has 146 valence electrons. The SMILES string of the molecule is C=C(C)Nc1cccc(Cc2ncnc3cc(OCCOC)c(CC)cc23)c1. The van der Waals surface area contributed by atoms with E-state index in [0.717, 1.165) is 52.1 Å². The van der Waals surface area contributed by atoms with Crippen LogP contribution in [0.4, 0.5) is 5.69 Å². The molecule has 2 aromatic carbocycles. The molecule has 1 N–H and O–H groups in total. The fraction of sp³-hybridized carbons (Fsp3) is 0.304. The molecule has 3 aromatic rings. The van der Waals surface area contributed by atoms with Gasteiger partial charge >= 0.3 is 0 Å². The lowest BCUT2D eigenvalue weighted by Crippen LogP contribution is -2.06. The van der Waals surface area contributed by atoms with Gasteiger partial charge in [-0.3, -0.25) is 0 Å². The van der Waals surface area contributed by atoms with Gasteiger partial charge in [0.1, 0.15) is 18.7 Å². The molecule has 0 atom stereocenters. The fourth-order valence-corrected chi connectivity index (χ4v) is 3.17. The van der Waals surface area contributed by atoms with E-state index in [2.05, 4.69) is 47.0 Å². The topological polar surface area (TPSA) is 56.3 Å². The zero-order valence-electron chi connectivity index (χ0n) is 16.8. The van der Waals surface area contributed by atoms with Gasteiger partial charge in [0.15, 0.2) is 0 Å². The summed E-state index contributed by atoms with van der Waals surface area (Å²) < 4.78 is 11.0. The number of hydrogen-bond donors (Lipinski definition) is 1. The van der Waals surface area contributed by atoms with E-state index in [1.807, 2.05) is 25.1 Å². The van der Waals surface area contributed by atoms with Crippen molar-refractivity contribution in [1.29, 1.82) is 0 Å². The average Bonchev–Trinajstić information content (AvgIpc) is 2.67. The number of fused-ring (bicyclic) bond motifs is 1. The zero-order chi connectivity index (χ0) is 19.9. The molecule has 0 aliphatic heterocycles. The Labute approximate surface area is 166 Å². The molecule has 1 aromatic heterocycles. The summed E-state index contributed by atoms with van der Waals surface area (Å²) in [4.78, 5) is 9.02. The monoisotopic (exact) mass is 377 g/mol. The lowest BCUT2D eigenvalue weighted by atomic mass is 10.0. The summed E-state index contributed by atoms with van der Waals surface area (Å²) >= 11 is 0. The molecule has 0 unspecified atom stereocenters. The predicted molar refractivity (Wildman–Crippen MR) is 114 cm³/mol. The number of benzene rings is 2. The molecule has 0 radical (unpaired) electrons. The van der Waals surface area contributed by atoms with Gasteiger partial charge in [0.05, 0.1) is 17.8 Å². The van der Waals surface area contributed by atoms with Gasteiger partial charge in [-0.05, 0) is 42.7 Å². The summed E-state index contributed by atoms with van der Waals surface area (Å²) in [6.45, 7) is 9.06. The van der Waals surface area contributed by atoms with Crippen molar-refractivity contribution >= 4 is 16.6 Å². The predicted octanol–water partition coefficient (Wildman–Crippen LogP) is 4.75. The molecule has 0 aliphatic carbocycles. The quantitative estimate of drug-likeness (QED) is 0.545. The van der Waals surface area contributed by atoms with Crippen LogP contribution in [0.25, 0.3) is 10.9 Å². The first kappa shape index (κ1) is 19.8. The highest BCUT2D eigenvalue weighted by Gasteiger charge is 2.11. The van der Waals surface area contributed by atoms with E-state index in [9.17, 15) is 0 Å². The summed E-state index contributed by atoms with van der Waals surface area (Å²) in [6.07, 6.45) is 3.24. The Morgan fingerprint density at radius 1 is 1.14 bits per heavy atom. The summed E-state index contributed by atoms with van der Waals surface area (Å²) in [6, 6.07) is 12.5. The fourth-order valence-electron chi connectivity index (χ4n) is 3.17. The smallest absolute Gasteiger partial charge is 0.124 e. The van der Waals surface area contributed by atoms with Gasteiger partial charge in [-0.15, -0.1) is 0 Å². The molecule has 0 saturated carbocycles. The van der Waals surface area contributed by atoms with Gasteiger partial charge in [0.25, 0.3) is 0 Å². The number of rotatable bonds is 9. The Morgan fingerprint density at radius 3 is 2.75 bits per heavy atom. The van der Waals surface area contributed by atoms with E-state index >= 15 is 0 Å². The van der Waals surface area contributed by atoms with E-state index < -0.39 is 0 Å². The average molecular weight is 377 g/mol. The molecule has 0 bridgehead atoms. The third kappa shape index (κ3) is 4.87. The highest BCUT2D eigenvalue weighted by Crippen LogP contribution is 2.28. The van der Waals surface area contributed by atoms with Crippen molar-refractivity contribution in [3.05, 3.63) is 71.8 Å². The van der Waals surface area contributed by atoms with Crippen molar-refractivity contribution in [2.75, 3.05) is 25.6 Å². The van der Waals surface area contributed by atoms with Crippen LogP contribution in [0.3, 0.4) is 0 Å². The number of anilines is 1. The van der Waals surface area contributed by atoms with Crippen LogP contribution in [0, 0.1) is 0 Å². The van der Waals surface area contributed by atoms with Crippen molar-refractivity contribution in [3.8, 4) is 5.75 Å². The van der Waals surface area contributed by atoms with Crippen LogP contribution < -0.4 is 10.1 Å². The Kier molecular flexibility index (Phi) is 6.61. The molecule has 0 spiro atoms. The Morgan fingerprint density at radius 2 is 2.00 bits per heavy atom. The normalized spacial score (nSPS) is 10.8. The second-order valence-electron chi connectivity index (χ2n) is 6.77.